The van der Waals surface area contributed by atoms with Gasteiger partial charge in [-0.1, -0.05) is 12.1 Å². The van der Waals surface area contributed by atoms with Gasteiger partial charge in [-0.25, -0.2) is 0 Å². The van der Waals surface area contributed by atoms with Crippen LogP contribution in [0.15, 0.2) is 18.2 Å². The topological polar surface area (TPSA) is 86.8 Å². The smallest absolute Gasteiger partial charge is 0.227 e. The fraction of sp³-hybridized carbons (Fsp3) is 0.500. The van der Waals surface area contributed by atoms with Crippen LogP contribution in [0.5, 0.6) is 0 Å². The van der Waals surface area contributed by atoms with Crippen LogP contribution < -0.4 is 10.6 Å². The van der Waals surface area contributed by atoms with E-state index in [0.717, 1.165) is 24.1 Å². The number of carbonyl (C=O) groups excluding carboxylic acids is 1. The first-order valence-corrected chi connectivity index (χ1v) is 6.57. The number of amides is 1. The summed E-state index contributed by atoms with van der Waals surface area (Å²) in [5.74, 6) is -0.00780. The molecule has 4 N–H and O–H groups in total. The highest BCUT2D eigenvalue weighted by Gasteiger charge is 2.25. The van der Waals surface area contributed by atoms with Crippen molar-refractivity contribution < 1.29 is 15.0 Å². The number of aliphatic hydroxyl groups is 2. The van der Waals surface area contributed by atoms with Crippen LogP contribution in [0.25, 0.3) is 0 Å². The fourth-order valence-corrected chi connectivity index (χ4v) is 2.40. The Bertz CT molecular complexity index is 462. The molecule has 19 heavy (non-hydrogen) atoms. The Labute approximate surface area is 112 Å². The van der Waals surface area contributed by atoms with E-state index in [0.29, 0.717) is 13.0 Å². The molecule has 0 saturated carbocycles. The summed E-state index contributed by atoms with van der Waals surface area (Å²) >= 11 is 0. The first kappa shape index (κ1) is 14.0. The second-order valence-electron chi connectivity index (χ2n) is 4.84. The number of anilines is 1. The lowest BCUT2D eigenvalue weighted by Crippen LogP contribution is -2.41. The number of nitrogens with two attached hydrogens (primary N) is 1. The third kappa shape index (κ3) is 3.12. The highest BCUT2D eigenvalue weighted by atomic mass is 16.3. The first-order valence-electron chi connectivity index (χ1n) is 6.57. The molecule has 0 radical (unpaired) electrons. The maximum Gasteiger partial charge on any atom is 0.227 e. The molecule has 0 aromatic heterocycles. The van der Waals surface area contributed by atoms with Gasteiger partial charge in [0.15, 0.2) is 0 Å². The Morgan fingerprint density at radius 1 is 1.37 bits per heavy atom. The molecule has 5 heteroatoms. The SMILES string of the molecule is NCCc1ccc2c(c1)CCC(=O)N2CC(O)CO. The van der Waals surface area contributed by atoms with Crippen molar-refractivity contribution in [3.63, 3.8) is 0 Å². The highest BCUT2D eigenvalue weighted by molar-refractivity contribution is 5.96. The minimum atomic E-state index is -0.904. The lowest BCUT2D eigenvalue weighted by molar-refractivity contribution is -0.119. The van der Waals surface area contributed by atoms with Crippen molar-refractivity contribution in [2.24, 2.45) is 5.73 Å². The molecule has 1 heterocycles. The Morgan fingerprint density at radius 3 is 2.84 bits per heavy atom. The van der Waals surface area contributed by atoms with Crippen molar-refractivity contribution in [3.05, 3.63) is 29.3 Å². The van der Waals surface area contributed by atoms with Gasteiger partial charge < -0.3 is 20.8 Å². The van der Waals surface area contributed by atoms with E-state index in [1.807, 2.05) is 12.1 Å². The van der Waals surface area contributed by atoms with Crippen molar-refractivity contribution in [1.82, 2.24) is 0 Å². The van der Waals surface area contributed by atoms with E-state index in [1.165, 1.54) is 5.56 Å². The van der Waals surface area contributed by atoms with Crippen molar-refractivity contribution in [2.75, 3.05) is 24.6 Å². The van der Waals surface area contributed by atoms with Gasteiger partial charge in [0.2, 0.25) is 5.91 Å². The summed E-state index contributed by atoms with van der Waals surface area (Å²) in [6, 6.07) is 5.94. The molecular weight excluding hydrogens is 244 g/mol. The Morgan fingerprint density at radius 2 is 2.16 bits per heavy atom. The van der Waals surface area contributed by atoms with Crippen molar-refractivity contribution in [2.45, 2.75) is 25.4 Å². The van der Waals surface area contributed by atoms with Gasteiger partial charge >= 0.3 is 0 Å². The van der Waals surface area contributed by atoms with E-state index < -0.39 is 6.10 Å². The summed E-state index contributed by atoms with van der Waals surface area (Å²) in [6.45, 7) is 0.396. The molecule has 0 aliphatic carbocycles. The Kier molecular flexibility index (Phi) is 4.52. The van der Waals surface area contributed by atoms with E-state index in [-0.39, 0.29) is 19.1 Å². The average Bonchev–Trinajstić information content (AvgIpc) is 2.42. The van der Waals surface area contributed by atoms with Gasteiger partial charge in [0.1, 0.15) is 0 Å². The predicted octanol–water partition coefficient (Wildman–Crippen LogP) is -0.180. The van der Waals surface area contributed by atoms with Crippen LogP contribution in [-0.4, -0.2) is 41.9 Å². The highest BCUT2D eigenvalue weighted by Crippen LogP contribution is 2.29. The molecular formula is C14H20N2O3. The summed E-state index contributed by atoms with van der Waals surface area (Å²) in [5, 5.41) is 18.4. The van der Waals surface area contributed by atoms with Crippen molar-refractivity contribution >= 4 is 11.6 Å². The third-order valence-electron chi connectivity index (χ3n) is 3.38. The summed E-state index contributed by atoms with van der Waals surface area (Å²) in [6.07, 6.45) is 1.08. The zero-order valence-electron chi connectivity index (χ0n) is 10.9. The largest absolute Gasteiger partial charge is 0.394 e. The number of hydrogen-bond acceptors (Lipinski definition) is 4. The number of aryl methyl sites for hydroxylation is 1. The van der Waals surface area contributed by atoms with E-state index in [4.69, 9.17) is 10.8 Å². The molecule has 1 aromatic rings. The van der Waals surface area contributed by atoms with Gasteiger partial charge in [-0.3, -0.25) is 4.79 Å². The number of benzene rings is 1. The molecule has 1 atom stereocenters. The first-order chi connectivity index (χ1) is 9.15. The lowest BCUT2D eigenvalue weighted by Gasteiger charge is -2.31. The molecule has 5 nitrogen and oxygen atoms in total. The summed E-state index contributed by atoms with van der Waals surface area (Å²) in [4.78, 5) is 13.5. The molecule has 1 aliphatic rings. The van der Waals surface area contributed by atoms with Gasteiger partial charge in [-0.2, -0.15) is 0 Å². The average molecular weight is 264 g/mol. The van der Waals surface area contributed by atoms with Gasteiger partial charge in [0.25, 0.3) is 0 Å². The van der Waals surface area contributed by atoms with Crippen LogP contribution in [-0.2, 0) is 17.6 Å². The number of aliphatic hydroxyl groups excluding tert-OH is 2. The quantitative estimate of drug-likeness (QED) is 0.688. The molecule has 0 spiro atoms. The van der Waals surface area contributed by atoms with E-state index >= 15 is 0 Å². The molecule has 1 aliphatic heterocycles. The van der Waals surface area contributed by atoms with Crippen molar-refractivity contribution in [3.8, 4) is 0 Å². The molecule has 0 bridgehead atoms. The number of nitrogens with zero attached hydrogens (tertiary/aromatic N) is 1. The predicted molar refractivity (Wildman–Crippen MR) is 73.0 cm³/mol. The molecule has 0 fully saturated rings. The maximum atomic E-state index is 11.9. The summed E-state index contributed by atoms with van der Waals surface area (Å²) < 4.78 is 0. The third-order valence-corrected chi connectivity index (χ3v) is 3.38. The minimum Gasteiger partial charge on any atom is -0.394 e. The lowest BCUT2D eigenvalue weighted by atomic mass is 9.97. The van der Waals surface area contributed by atoms with Gasteiger partial charge in [-0.05, 0) is 36.6 Å². The number of hydrogen-bond donors (Lipinski definition) is 3. The van der Waals surface area contributed by atoms with E-state index in [2.05, 4.69) is 6.07 Å². The molecule has 1 amide bonds. The van der Waals surface area contributed by atoms with Crippen LogP contribution in [0, 0.1) is 0 Å². The zero-order chi connectivity index (χ0) is 13.8. The number of fused-ring (bicyclic) bond motifs is 1. The molecule has 104 valence electrons. The normalized spacial score (nSPS) is 16.4. The minimum absolute atomic E-state index is 0.00780. The Hall–Kier alpha value is -1.43. The van der Waals surface area contributed by atoms with Crippen molar-refractivity contribution in [1.29, 1.82) is 0 Å². The summed E-state index contributed by atoms with van der Waals surface area (Å²) in [5.41, 5.74) is 8.65. The Balaban J connectivity index is 2.26. The van der Waals surface area contributed by atoms with Crippen LogP contribution in [0.1, 0.15) is 17.5 Å². The number of β-amino-alcohol motifs (C(OH)–C–C–N with tert-alkyl or cyclic N) is 1. The number of rotatable bonds is 5. The van der Waals surface area contributed by atoms with Crippen LogP contribution in [0.4, 0.5) is 5.69 Å². The van der Waals surface area contributed by atoms with Crippen LogP contribution >= 0.6 is 0 Å². The fourth-order valence-electron chi connectivity index (χ4n) is 2.40. The molecule has 1 aromatic carbocycles. The molecule has 0 saturated heterocycles. The zero-order valence-corrected chi connectivity index (χ0v) is 10.9. The summed E-state index contributed by atoms with van der Waals surface area (Å²) in [7, 11) is 0. The standard InChI is InChI=1S/C14H20N2O3/c15-6-5-10-1-3-13-11(7-10)2-4-14(19)16(13)8-12(18)9-17/h1,3,7,12,17-18H,2,4-6,8-9,15H2. The maximum absolute atomic E-state index is 11.9. The van der Waals surface area contributed by atoms with Gasteiger partial charge in [-0.15, -0.1) is 0 Å². The van der Waals surface area contributed by atoms with Crippen LogP contribution in [0.3, 0.4) is 0 Å². The molecule has 1 unspecified atom stereocenters. The van der Waals surface area contributed by atoms with Gasteiger partial charge in [0, 0.05) is 12.1 Å². The second kappa shape index (κ2) is 6.14. The van der Waals surface area contributed by atoms with E-state index in [9.17, 15) is 9.90 Å². The monoisotopic (exact) mass is 264 g/mol. The van der Waals surface area contributed by atoms with Gasteiger partial charge in [0.05, 0.1) is 19.3 Å². The van der Waals surface area contributed by atoms with Crippen LogP contribution in [0.2, 0.25) is 0 Å². The van der Waals surface area contributed by atoms with E-state index in [1.54, 1.807) is 4.90 Å². The molecule has 2 rings (SSSR count). The number of carbonyl (C=O) groups is 1. The second-order valence-corrected chi connectivity index (χ2v) is 4.84.